The van der Waals surface area contributed by atoms with E-state index in [1.54, 1.807) is 18.2 Å². The summed E-state index contributed by atoms with van der Waals surface area (Å²) >= 11 is 5.80. The van der Waals surface area contributed by atoms with Crippen LogP contribution in [0.15, 0.2) is 42.5 Å². The van der Waals surface area contributed by atoms with Crippen LogP contribution in [0.4, 0.5) is 0 Å². The molecule has 0 spiro atoms. The molecule has 0 aliphatic rings. The lowest BCUT2D eigenvalue weighted by atomic mass is 10.1. The number of esters is 1. The lowest BCUT2D eigenvalue weighted by Gasteiger charge is -2.09. The average Bonchev–Trinajstić information content (AvgIpc) is 2.54. The van der Waals surface area contributed by atoms with E-state index in [1.165, 1.54) is 0 Å². The number of amides is 1. The first kappa shape index (κ1) is 17.0. The van der Waals surface area contributed by atoms with E-state index < -0.39 is 5.97 Å². The molecule has 0 radical (unpaired) electrons. The van der Waals surface area contributed by atoms with Crippen LogP contribution in [-0.2, 0) is 16.1 Å². The van der Waals surface area contributed by atoms with Gasteiger partial charge in [0.1, 0.15) is 0 Å². The van der Waals surface area contributed by atoms with Crippen molar-refractivity contribution in [1.82, 2.24) is 5.32 Å². The van der Waals surface area contributed by atoms with Crippen LogP contribution in [0.5, 0.6) is 0 Å². The van der Waals surface area contributed by atoms with Gasteiger partial charge in [-0.15, -0.1) is 0 Å². The van der Waals surface area contributed by atoms with Gasteiger partial charge in [-0.1, -0.05) is 41.4 Å². The van der Waals surface area contributed by atoms with Gasteiger partial charge in [0, 0.05) is 11.6 Å². The number of ether oxygens (including phenoxy) is 1. The zero-order valence-electron chi connectivity index (χ0n) is 13.1. The van der Waals surface area contributed by atoms with E-state index in [4.69, 9.17) is 16.3 Å². The maximum atomic E-state index is 12.0. The third kappa shape index (κ3) is 5.11. The second-order valence-corrected chi connectivity index (χ2v) is 5.73. The Kier molecular flexibility index (Phi) is 5.77. The zero-order valence-corrected chi connectivity index (χ0v) is 13.8. The van der Waals surface area contributed by atoms with Crippen molar-refractivity contribution in [2.24, 2.45) is 0 Å². The Hall–Kier alpha value is -2.33. The number of rotatable bonds is 5. The predicted molar refractivity (Wildman–Crippen MR) is 89.5 cm³/mol. The maximum absolute atomic E-state index is 12.0. The summed E-state index contributed by atoms with van der Waals surface area (Å²) in [6.45, 7) is 3.78. The first-order chi connectivity index (χ1) is 11.0. The van der Waals surface area contributed by atoms with Crippen LogP contribution in [-0.4, -0.2) is 18.5 Å². The normalized spacial score (nSPS) is 10.2. The van der Waals surface area contributed by atoms with Gasteiger partial charge in [0.25, 0.3) is 5.91 Å². The Morgan fingerprint density at radius 2 is 1.78 bits per heavy atom. The largest absolute Gasteiger partial charge is 0.452 e. The fraction of sp³-hybridized carbons (Fsp3) is 0.222. The minimum absolute atomic E-state index is 0.306. The molecular weight excluding hydrogens is 314 g/mol. The Morgan fingerprint density at radius 3 is 2.48 bits per heavy atom. The Bertz CT molecular complexity index is 711. The van der Waals surface area contributed by atoms with Gasteiger partial charge in [-0.2, -0.15) is 0 Å². The van der Waals surface area contributed by atoms with Gasteiger partial charge < -0.3 is 10.1 Å². The molecule has 0 saturated heterocycles. The highest BCUT2D eigenvalue weighted by Gasteiger charge is 2.12. The van der Waals surface area contributed by atoms with E-state index in [9.17, 15) is 9.59 Å². The molecule has 0 saturated carbocycles. The quantitative estimate of drug-likeness (QED) is 0.854. The molecule has 0 unspecified atom stereocenters. The maximum Gasteiger partial charge on any atom is 0.338 e. The number of hydrogen-bond acceptors (Lipinski definition) is 3. The number of carbonyl (C=O) groups is 2. The Morgan fingerprint density at radius 1 is 1.09 bits per heavy atom. The summed E-state index contributed by atoms with van der Waals surface area (Å²) in [6.07, 6.45) is 0. The molecule has 0 atom stereocenters. The van der Waals surface area contributed by atoms with Crippen LogP contribution in [0, 0.1) is 13.8 Å². The summed E-state index contributed by atoms with van der Waals surface area (Å²) in [6, 6.07) is 12.7. The number of aryl methyl sites for hydroxylation is 2. The molecule has 120 valence electrons. The third-order valence-electron chi connectivity index (χ3n) is 3.35. The third-order valence-corrected chi connectivity index (χ3v) is 3.60. The highest BCUT2D eigenvalue weighted by atomic mass is 35.5. The molecule has 4 nitrogen and oxygen atoms in total. The van der Waals surface area contributed by atoms with Gasteiger partial charge in [-0.3, -0.25) is 4.79 Å². The minimum Gasteiger partial charge on any atom is -0.452 e. The number of halogens is 1. The lowest BCUT2D eigenvalue weighted by molar-refractivity contribution is -0.124. The van der Waals surface area contributed by atoms with Crippen molar-refractivity contribution in [2.45, 2.75) is 20.4 Å². The monoisotopic (exact) mass is 331 g/mol. The van der Waals surface area contributed by atoms with Crippen molar-refractivity contribution < 1.29 is 14.3 Å². The van der Waals surface area contributed by atoms with Crippen LogP contribution >= 0.6 is 11.6 Å². The Labute approximate surface area is 140 Å². The summed E-state index contributed by atoms with van der Waals surface area (Å²) in [4.78, 5) is 23.8. The molecule has 0 aliphatic carbocycles. The van der Waals surface area contributed by atoms with Gasteiger partial charge in [-0.05, 0) is 43.2 Å². The average molecular weight is 332 g/mol. The molecule has 23 heavy (non-hydrogen) atoms. The number of hydrogen-bond donors (Lipinski definition) is 1. The van der Waals surface area contributed by atoms with Gasteiger partial charge in [0.05, 0.1) is 5.56 Å². The fourth-order valence-electron chi connectivity index (χ4n) is 2.02. The van der Waals surface area contributed by atoms with E-state index in [0.29, 0.717) is 17.1 Å². The fourth-order valence-corrected chi connectivity index (χ4v) is 2.14. The molecule has 1 amide bonds. The minimum atomic E-state index is -0.493. The second kappa shape index (κ2) is 7.79. The van der Waals surface area contributed by atoms with Gasteiger partial charge in [0.2, 0.25) is 0 Å². The van der Waals surface area contributed by atoms with E-state index in [1.807, 2.05) is 38.1 Å². The summed E-state index contributed by atoms with van der Waals surface area (Å²) in [7, 11) is 0. The van der Waals surface area contributed by atoms with Crippen molar-refractivity contribution >= 4 is 23.5 Å². The number of benzene rings is 2. The van der Waals surface area contributed by atoms with Crippen molar-refractivity contribution in [3.8, 4) is 0 Å². The predicted octanol–water partition coefficient (Wildman–Crippen LogP) is 3.43. The summed E-state index contributed by atoms with van der Waals surface area (Å²) in [5.74, 6) is -0.841. The van der Waals surface area contributed by atoms with Crippen LogP contribution in [0.25, 0.3) is 0 Å². The summed E-state index contributed by atoms with van der Waals surface area (Å²) in [5.41, 5.74) is 3.19. The van der Waals surface area contributed by atoms with E-state index in [0.717, 1.165) is 16.7 Å². The van der Waals surface area contributed by atoms with Crippen molar-refractivity contribution in [1.29, 1.82) is 0 Å². The van der Waals surface area contributed by atoms with Crippen LogP contribution < -0.4 is 5.32 Å². The molecule has 1 N–H and O–H groups in total. The van der Waals surface area contributed by atoms with Gasteiger partial charge >= 0.3 is 5.97 Å². The topological polar surface area (TPSA) is 55.4 Å². The second-order valence-electron chi connectivity index (χ2n) is 5.30. The van der Waals surface area contributed by atoms with E-state index in [2.05, 4.69) is 5.32 Å². The molecule has 0 aromatic heterocycles. The standard InChI is InChI=1S/C18H18ClNO3/c1-12-3-4-13(2)16(9-12)18(22)23-11-17(21)20-10-14-5-7-15(19)8-6-14/h3-9H,10-11H2,1-2H3,(H,20,21). The molecule has 5 heteroatoms. The Balaban J connectivity index is 1.83. The highest BCUT2D eigenvalue weighted by molar-refractivity contribution is 6.30. The molecule has 0 bridgehead atoms. The number of nitrogens with one attached hydrogen (secondary N) is 1. The van der Waals surface area contributed by atoms with Gasteiger partial charge in [0.15, 0.2) is 6.61 Å². The van der Waals surface area contributed by atoms with Crippen LogP contribution in [0.3, 0.4) is 0 Å². The molecule has 2 aromatic rings. The molecule has 2 aromatic carbocycles. The molecular formula is C18H18ClNO3. The van der Waals surface area contributed by atoms with Crippen LogP contribution in [0.2, 0.25) is 5.02 Å². The number of carbonyl (C=O) groups excluding carboxylic acids is 2. The van der Waals surface area contributed by atoms with Crippen molar-refractivity contribution in [3.63, 3.8) is 0 Å². The zero-order chi connectivity index (χ0) is 16.8. The smallest absolute Gasteiger partial charge is 0.338 e. The van der Waals surface area contributed by atoms with E-state index in [-0.39, 0.29) is 12.5 Å². The van der Waals surface area contributed by atoms with Crippen molar-refractivity contribution in [2.75, 3.05) is 6.61 Å². The van der Waals surface area contributed by atoms with E-state index >= 15 is 0 Å². The molecule has 0 heterocycles. The van der Waals surface area contributed by atoms with Crippen LogP contribution in [0.1, 0.15) is 27.0 Å². The highest BCUT2D eigenvalue weighted by Crippen LogP contribution is 2.12. The first-order valence-electron chi connectivity index (χ1n) is 7.21. The van der Waals surface area contributed by atoms with Gasteiger partial charge in [-0.25, -0.2) is 4.79 Å². The molecule has 0 aliphatic heterocycles. The lowest BCUT2D eigenvalue weighted by Crippen LogP contribution is -2.28. The SMILES string of the molecule is Cc1ccc(C)c(C(=O)OCC(=O)NCc2ccc(Cl)cc2)c1. The summed E-state index contributed by atoms with van der Waals surface area (Å²) < 4.78 is 5.06. The molecule has 0 fully saturated rings. The van der Waals surface area contributed by atoms with Crippen molar-refractivity contribution in [3.05, 3.63) is 69.7 Å². The summed E-state index contributed by atoms with van der Waals surface area (Å²) in [5, 5.41) is 3.33. The molecule has 2 rings (SSSR count). The first-order valence-corrected chi connectivity index (χ1v) is 7.59.